The fourth-order valence-electron chi connectivity index (χ4n) is 4.57. The number of thioether (sulfide) groups is 1. The molecule has 1 N–H and O–H groups in total. The van der Waals surface area contributed by atoms with E-state index in [1.165, 1.54) is 6.26 Å². The summed E-state index contributed by atoms with van der Waals surface area (Å²) in [5, 5.41) is 10.9. The van der Waals surface area contributed by atoms with Crippen molar-refractivity contribution in [3.05, 3.63) is 78.6 Å². The van der Waals surface area contributed by atoms with Gasteiger partial charge in [-0.05, 0) is 79.1 Å². The highest BCUT2D eigenvalue weighted by Crippen LogP contribution is 2.51. The Morgan fingerprint density at radius 2 is 1.76 bits per heavy atom. The first-order chi connectivity index (χ1) is 18.0. The van der Waals surface area contributed by atoms with Gasteiger partial charge >= 0.3 is 5.97 Å². The fraction of sp³-hybridized carbons (Fsp3) is 0.300. The van der Waals surface area contributed by atoms with E-state index in [1.54, 1.807) is 31.8 Å². The van der Waals surface area contributed by atoms with Gasteiger partial charge in [-0.1, -0.05) is 30.3 Å². The number of carboxylic acid groups (broad SMARTS) is 1. The van der Waals surface area contributed by atoms with E-state index < -0.39 is 20.6 Å². The van der Waals surface area contributed by atoms with E-state index in [2.05, 4.69) is 16.0 Å². The van der Waals surface area contributed by atoms with Crippen LogP contribution in [0, 0.1) is 5.41 Å². The number of nitrogens with zero attached hydrogens (tertiary/aromatic N) is 2. The number of carboxylic acids is 1. The smallest absolute Gasteiger partial charge is 0.303 e. The largest absolute Gasteiger partial charge is 0.481 e. The van der Waals surface area contributed by atoms with Crippen molar-refractivity contribution in [3.8, 4) is 22.3 Å². The molecule has 2 heterocycles. The van der Waals surface area contributed by atoms with Gasteiger partial charge in [0.25, 0.3) is 0 Å². The maximum Gasteiger partial charge on any atom is 0.303 e. The maximum atomic E-state index is 12.6. The summed E-state index contributed by atoms with van der Waals surface area (Å²) >= 11 is 1.61. The van der Waals surface area contributed by atoms with E-state index in [0.29, 0.717) is 0 Å². The van der Waals surface area contributed by atoms with Crippen molar-refractivity contribution in [3.63, 3.8) is 0 Å². The summed E-state index contributed by atoms with van der Waals surface area (Å²) < 4.78 is 24.2. The number of hydrogen-bond donors (Lipinski definition) is 1. The lowest BCUT2D eigenvalue weighted by molar-refractivity contribution is -0.138. The second kappa shape index (κ2) is 9.82. The van der Waals surface area contributed by atoms with Gasteiger partial charge in [-0.15, -0.1) is 11.8 Å². The van der Waals surface area contributed by atoms with Crippen molar-refractivity contribution in [2.24, 2.45) is 5.41 Å². The predicted molar refractivity (Wildman–Crippen MR) is 153 cm³/mol. The molecule has 0 spiro atoms. The molecule has 0 radical (unpaired) electrons. The van der Waals surface area contributed by atoms with Gasteiger partial charge in [-0.3, -0.25) is 9.78 Å². The Balaban J connectivity index is 1.46. The minimum Gasteiger partial charge on any atom is -0.481 e. The third kappa shape index (κ3) is 5.33. The summed E-state index contributed by atoms with van der Waals surface area (Å²) in [5.41, 5.74) is 5.24. The monoisotopic (exact) mass is 546 g/mol. The van der Waals surface area contributed by atoms with Crippen LogP contribution in [0.3, 0.4) is 0 Å². The molecular weight excluding hydrogens is 516 g/mol. The van der Waals surface area contributed by atoms with Crippen LogP contribution in [0.4, 0.5) is 0 Å². The first-order valence-electron chi connectivity index (χ1n) is 12.5. The number of hydrogen-bond acceptors (Lipinski definition) is 6. The number of pyridine rings is 2. The fourth-order valence-corrected chi connectivity index (χ4v) is 6.26. The molecule has 5 rings (SSSR count). The SMILES string of the molecule is CC(C)(c1cc(-c2cccc(-c3ccc(SCC4(CC(=O)O)CC4)nc3)c2)c2ncccc2c1)S(C)(=O)=O. The molecule has 0 atom stereocenters. The van der Waals surface area contributed by atoms with E-state index in [9.17, 15) is 13.2 Å². The summed E-state index contributed by atoms with van der Waals surface area (Å²) in [5.74, 6) is 0.0289. The normalized spacial score (nSPS) is 14.9. The number of carbonyl (C=O) groups is 1. The van der Waals surface area contributed by atoms with Crippen LogP contribution >= 0.6 is 11.8 Å². The van der Waals surface area contributed by atoms with Crippen LogP contribution in [0.2, 0.25) is 0 Å². The second-order valence-corrected chi connectivity index (χ2v) is 14.3. The minimum absolute atomic E-state index is 0.0811. The standard InChI is InChI=1S/C30H30N2O4S2/c1-29(2,38(3,35)36)24-15-22-8-5-13-31-28(22)25(16-24)21-7-4-6-20(14-21)23-9-10-26(32-18-23)37-19-30(11-12-30)17-27(33)34/h4-10,13-16,18H,11-12,17,19H2,1-3H3,(H,33,34). The van der Waals surface area contributed by atoms with E-state index in [-0.39, 0.29) is 11.8 Å². The molecule has 0 amide bonds. The summed E-state index contributed by atoms with van der Waals surface area (Å²) in [6, 6.07) is 19.8. The van der Waals surface area contributed by atoms with E-state index >= 15 is 0 Å². The molecule has 8 heteroatoms. The summed E-state index contributed by atoms with van der Waals surface area (Å²) in [6.45, 7) is 3.47. The lowest BCUT2D eigenvalue weighted by Gasteiger charge is -2.24. The van der Waals surface area contributed by atoms with Crippen LogP contribution in [-0.4, -0.2) is 41.5 Å². The van der Waals surface area contributed by atoms with Crippen LogP contribution in [0.15, 0.2) is 78.1 Å². The van der Waals surface area contributed by atoms with Crippen LogP contribution in [-0.2, 0) is 19.4 Å². The Hall–Kier alpha value is -3.23. The zero-order valence-corrected chi connectivity index (χ0v) is 23.3. The molecule has 0 unspecified atom stereocenters. The number of benzene rings is 2. The van der Waals surface area contributed by atoms with Gasteiger partial charge in [0, 0.05) is 40.9 Å². The zero-order chi connectivity index (χ0) is 27.1. The van der Waals surface area contributed by atoms with Gasteiger partial charge in [0.2, 0.25) is 0 Å². The highest BCUT2D eigenvalue weighted by molar-refractivity contribution is 7.99. The highest BCUT2D eigenvalue weighted by Gasteiger charge is 2.44. The average Bonchev–Trinajstić information content (AvgIpc) is 3.65. The van der Waals surface area contributed by atoms with E-state index in [4.69, 9.17) is 5.11 Å². The lowest BCUT2D eigenvalue weighted by Crippen LogP contribution is -2.28. The number of sulfone groups is 1. The van der Waals surface area contributed by atoms with Gasteiger partial charge in [0.05, 0.1) is 21.7 Å². The highest BCUT2D eigenvalue weighted by atomic mass is 32.2. The molecule has 0 bridgehead atoms. The molecule has 1 aliphatic rings. The summed E-state index contributed by atoms with van der Waals surface area (Å²) in [4.78, 5) is 20.4. The molecule has 1 saturated carbocycles. The van der Waals surface area contributed by atoms with Crippen molar-refractivity contribution < 1.29 is 18.3 Å². The van der Waals surface area contributed by atoms with Crippen LogP contribution in [0.25, 0.3) is 33.2 Å². The number of aliphatic carboxylic acids is 1. The molecule has 0 aliphatic heterocycles. The summed E-state index contributed by atoms with van der Waals surface area (Å²) in [6.07, 6.45) is 7.01. The molecule has 38 heavy (non-hydrogen) atoms. The molecule has 6 nitrogen and oxygen atoms in total. The van der Waals surface area contributed by atoms with E-state index in [0.717, 1.165) is 62.3 Å². The second-order valence-electron chi connectivity index (χ2n) is 10.7. The Labute approximate surface area is 227 Å². The Morgan fingerprint density at radius 1 is 1.00 bits per heavy atom. The molecule has 1 fully saturated rings. The molecule has 1 aliphatic carbocycles. The molecule has 2 aromatic heterocycles. The third-order valence-corrected chi connectivity index (χ3v) is 11.0. The number of fused-ring (bicyclic) bond motifs is 1. The van der Waals surface area contributed by atoms with Crippen molar-refractivity contribution in [1.82, 2.24) is 9.97 Å². The topological polar surface area (TPSA) is 97.2 Å². The molecule has 0 saturated heterocycles. The van der Waals surface area contributed by atoms with Crippen molar-refractivity contribution >= 4 is 38.5 Å². The average molecular weight is 547 g/mol. The quantitative estimate of drug-likeness (QED) is 0.237. The zero-order valence-electron chi connectivity index (χ0n) is 21.6. The first-order valence-corrected chi connectivity index (χ1v) is 15.4. The maximum absolute atomic E-state index is 12.6. The Kier molecular flexibility index (Phi) is 6.82. The van der Waals surface area contributed by atoms with Gasteiger partial charge in [-0.2, -0.15) is 0 Å². The molecule has 196 valence electrons. The van der Waals surface area contributed by atoms with Crippen LogP contribution < -0.4 is 0 Å². The van der Waals surface area contributed by atoms with Gasteiger partial charge < -0.3 is 5.11 Å². The molecule has 4 aromatic rings. The number of rotatable bonds is 9. The van der Waals surface area contributed by atoms with Crippen molar-refractivity contribution in [2.45, 2.75) is 42.9 Å². The molecular formula is C30H30N2O4S2. The van der Waals surface area contributed by atoms with Gasteiger partial charge in [-0.25, -0.2) is 13.4 Å². The van der Waals surface area contributed by atoms with Crippen molar-refractivity contribution in [1.29, 1.82) is 0 Å². The summed E-state index contributed by atoms with van der Waals surface area (Å²) in [7, 11) is -3.35. The first kappa shape index (κ1) is 26.4. The third-order valence-electron chi connectivity index (χ3n) is 7.58. The van der Waals surface area contributed by atoms with E-state index in [1.807, 2.05) is 60.8 Å². The Bertz CT molecular complexity index is 1630. The van der Waals surface area contributed by atoms with Gasteiger partial charge in [0.1, 0.15) is 0 Å². The van der Waals surface area contributed by atoms with Crippen molar-refractivity contribution in [2.75, 3.05) is 12.0 Å². The van der Waals surface area contributed by atoms with Crippen LogP contribution in [0.5, 0.6) is 0 Å². The predicted octanol–water partition coefficient (Wildman–Crippen LogP) is 6.59. The van der Waals surface area contributed by atoms with Crippen LogP contribution in [0.1, 0.15) is 38.7 Å². The molecule has 2 aromatic carbocycles. The van der Waals surface area contributed by atoms with Gasteiger partial charge in [0.15, 0.2) is 9.84 Å². The number of aromatic nitrogens is 2. The minimum atomic E-state index is -3.35. The lowest BCUT2D eigenvalue weighted by atomic mass is 9.92. The Morgan fingerprint density at radius 3 is 2.42 bits per heavy atom.